The number of β-amino-alcohol motifs (C(OH)–C–C–N with tert-alkyl or cyclic N) is 1. The lowest BCUT2D eigenvalue weighted by Crippen LogP contribution is -2.51. The number of amides is 1. The third-order valence-electron chi connectivity index (χ3n) is 5.52. The first-order valence-electron chi connectivity index (χ1n) is 9.50. The molecule has 8 nitrogen and oxygen atoms in total. The summed E-state index contributed by atoms with van der Waals surface area (Å²) in [6.45, 7) is 5.84. The zero-order valence-electron chi connectivity index (χ0n) is 15.2. The number of hydrogen-bond acceptors (Lipinski definition) is 7. The van der Waals surface area contributed by atoms with Crippen LogP contribution in [0.15, 0.2) is 6.07 Å². The molecule has 3 fully saturated rings. The molecule has 8 heteroatoms. The number of piperidine rings is 1. The van der Waals surface area contributed by atoms with Crippen LogP contribution < -0.4 is 10.2 Å². The molecule has 0 saturated carbocycles. The van der Waals surface area contributed by atoms with Crippen molar-refractivity contribution in [3.8, 4) is 0 Å². The fourth-order valence-electron chi connectivity index (χ4n) is 3.81. The van der Waals surface area contributed by atoms with Gasteiger partial charge in [-0.25, -0.2) is 4.98 Å². The van der Waals surface area contributed by atoms with Gasteiger partial charge in [0.1, 0.15) is 5.82 Å². The molecule has 0 radical (unpaired) electrons. The van der Waals surface area contributed by atoms with E-state index in [0.29, 0.717) is 37.6 Å². The van der Waals surface area contributed by atoms with E-state index >= 15 is 0 Å². The number of ether oxygens (including phenoxy) is 1. The fraction of sp³-hybridized carbons (Fsp3) is 0.722. The van der Waals surface area contributed by atoms with E-state index in [-0.39, 0.29) is 12.0 Å². The lowest BCUT2D eigenvalue weighted by Gasteiger charge is -2.36. The van der Waals surface area contributed by atoms with Crippen LogP contribution in [0.2, 0.25) is 0 Å². The van der Waals surface area contributed by atoms with Gasteiger partial charge >= 0.3 is 0 Å². The first-order valence-corrected chi connectivity index (χ1v) is 9.50. The van der Waals surface area contributed by atoms with Crippen molar-refractivity contribution >= 4 is 17.7 Å². The number of anilines is 2. The van der Waals surface area contributed by atoms with Gasteiger partial charge in [-0.3, -0.25) is 4.79 Å². The van der Waals surface area contributed by atoms with Gasteiger partial charge in [0.25, 0.3) is 0 Å². The van der Waals surface area contributed by atoms with E-state index in [4.69, 9.17) is 9.72 Å². The number of aliphatic hydroxyl groups excluding tert-OH is 1. The Bertz CT molecular complexity index is 650. The topological polar surface area (TPSA) is 90.8 Å². The quantitative estimate of drug-likeness (QED) is 0.811. The Morgan fingerprint density at radius 1 is 1.27 bits per heavy atom. The molecule has 2 N–H and O–H groups in total. The maximum absolute atomic E-state index is 11.5. The summed E-state index contributed by atoms with van der Waals surface area (Å²) >= 11 is 0. The summed E-state index contributed by atoms with van der Waals surface area (Å²) in [5.74, 6) is 1.97. The number of nitrogens with zero attached hydrogens (tertiary/aromatic N) is 4. The summed E-state index contributed by atoms with van der Waals surface area (Å²) in [5, 5.41) is 13.1. The Hall–Kier alpha value is -1.93. The molecule has 4 rings (SSSR count). The number of nitrogens with one attached hydrogen (secondary N) is 1. The summed E-state index contributed by atoms with van der Waals surface area (Å²) < 4.78 is 5.52. The van der Waals surface area contributed by atoms with Gasteiger partial charge in [-0.2, -0.15) is 4.98 Å². The molecule has 3 aliphatic heterocycles. The summed E-state index contributed by atoms with van der Waals surface area (Å²) in [4.78, 5) is 24.8. The van der Waals surface area contributed by atoms with Crippen molar-refractivity contribution in [2.24, 2.45) is 0 Å². The van der Waals surface area contributed by atoms with Gasteiger partial charge in [0.2, 0.25) is 11.9 Å². The molecule has 142 valence electrons. The second-order valence-corrected chi connectivity index (χ2v) is 7.52. The first kappa shape index (κ1) is 17.5. The number of aromatic nitrogens is 2. The molecule has 1 aromatic heterocycles. The van der Waals surface area contributed by atoms with Crippen LogP contribution in [0, 0.1) is 0 Å². The highest BCUT2D eigenvalue weighted by Crippen LogP contribution is 2.29. The Kier molecular flexibility index (Phi) is 4.95. The van der Waals surface area contributed by atoms with Crippen LogP contribution >= 0.6 is 0 Å². The minimum absolute atomic E-state index is 0.146. The molecular formula is C18H27N5O3. The minimum atomic E-state index is -0.288. The van der Waals surface area contributed by atoms with Gasteiger partial charge in [-0.1, -0.05) is 0 Å². The van der Waals surface area contributed by atoms with Crippen LogP contribution in [-0.4, -0.2) is 77.4 Å². The van der Waals surface area contributed by atoms with E-state index in [1.54, 1.807) is 6.92 Å². The Morgan fingerprint density at radius 2 is 2.04 bits per heavy atom. The maximum Gasteiger partial charge on any atom is 0.227 e. The van der Waals surface area contributed by atoms with Crippen molar-refractivity contribution in [2.45, 2.75) is 44.2 Å². The molecule has 0 bridgehead atoms. The van der Waals surface area contributed by atoms with Crippen molar-refractivity contribution in [1.29, 1.82) is 0 Å². The minimum Gasteiger partial charge on any atom is -0.389 e. The Labute approximate surface area is 153 Å². The smallest absolute Gasteiger partial charge is 0.227 e. The maximum atomic E-state index is 11.5. The number of rotatable bonds is 4. The monoisotopic (exact) mass is 361 g/mol. The lowest BCUT2D eigenvalue weighted by molar-refractivity contribution is -0.129. The van der Waals surface area contributed by atoms with E-state index in [1.165, 1.54) is 0 Å². The van der Waals surface area contributed by atoms with E-state index in [1.807, 2.05) is 15.9 Å². The largest absolute Gasteiger partial charge is 0.389 e. The van der Waals surface area contributed by atoms with Crippen LogP contribution in [0.25, 0.3) is 0 Å². The van der Waals surface area contributed by atoms with Crippen molar-refractivity contribution < 1.29 is 14.6 Å². The highest BCUT2D eigenvalue weighted by Gasteiger charge is 2.29. The van der Waals surface area contributed by atoms with Crippen molar-refractivity contribution in [3.63, 3.8) is 0 Å². The molecule has 1 aromatic rings. The molecule has 0 aromatic carbocycles. The van der Waals surface area contributed by atoms with Crippen LogP contribution in [0.4, 0.5) is 11.8 Å². The highest BCUT2D eigenvalue weighted by molar-refractivity contribution is 5.73. The number of likely N-dealkylation sites (tertiary alicyclic amines) is 1. The zero-order valence-corrected chi connectivity index (χ0v) is 15.2. The second kappa shape index (κ2) is 7.36. The lowest BCUT2D eigenvalue weighted by atomic mass is 10.0. The third-order valence-corrected chi connectivity index (χ3v) is 5.52. The van der Waals surface area contributed by atoms with E-state index < -0.39 is 0 Å². The van der Waals surface area contributed by atoms with Crippen molar-refractivity contribution in [3.05, 3.63) is 11.8 Å². The first-order chi connectivity index (χ1) is 12.6. The van der Waals surface area contributed by atoms with Crippen LogP contribution in [0.1, 0.15) is 37.8 Å². The van der Waals surface area contributed by atoms with Gasteiger partial charge in [-0.15, -0.1) is 0 Å². The van der Waals surface area contributed by atoms with Gasteiger partial charge in [0.05, 0.1) is 18.4 Å². The number of carbonyl (C=O) groups excluding carboxylic acids is 1. The number of carbonyl (C=O) groups is 1. The fourth-order valence-corrected chi connectivity index (χ4v) is 3.81. The summed E-state index contributed by atoms with van der Waals surface area (Å²) in [6.07, 6.45) is 2.53. The highest BCUT2D eigenvalue weighted by atomic mass is 16.5. The Morgan fingerprint density at radius 3 is 2.65 bits per heavy atom. The molecule has 0 unspecified atom stereocenters. The Balaban J connectivity index is 1.48. The molecule has 4 heterocycles. The molecule has 0 spiro atoms. The summed E-state index contributed by atoms with van der Waals surface area (Å²) in [7, 11) is 0. The summed E-state index contributed by atoms with van der Waals surface area (Å²) in [6, 6.07) is 2.35. The zero-order chi connectivity index (χ0) is 18.1. The van der Waals surface area contributed by atoms with Gasteiger partial charge in [0, 0.05) is 57.7 Å². The van der Waals surface area contributed by atoms with Gasteiger partial charge in [-0.05, 0) is 19.3 Å². The molecule has 3 aliphatic rings. The average Bonchev–Trinajstić information content (AvgIpc) is 3.14. The third kappa shape index (κ3) is 3.76. The van der Waals surface area contributed by atoms with Crippen LogP contribution in [0.3, 0.4) is 0 Å². The predicted octanol–water partition coefficient (Wildman–Crippen LogP) is 0.584. The molecule has 1 atom stereocenters. The van der Waals surface area contributed by atoms with Crippen molar-refractivity contribution in [2.75, 3.05) is 49.6 Å². The molecular weight excluding hydrogens is 334 g/mol. The molecule has 0 aliphatic carbocycles. The second-order valence-electron chi connectivity index (χ2n) is 7.52. The van der Waals surface area contributed by atoms with Crippen LogP contribution in [0.5, 0.6) is 0 Å². The predicted molar refractivity (Wildman–Crippen MR) is 97.3 cm³/mol. The van der Waals surface area contributed by atoms with E-state index in [9.17, 15) is 9.90 Å². The molecule has 26 heavy (non-hydrogen) atoms. The normalized spacial score (nSPS) is 24.6. The molecule has 1 amide bonds. The standard InChI is InChI=1S/C18H27N5O3/c1-12(24)22-5-2-14(3-6-22)19-17-8-16(13-4-7-26-11-13)20-18(21-17)23-9-15(25)10-23/h8,13-15,25H,2-7,9-11H2,1H3,(H,19,20,21)/t13-/m0/s1. The number of hydrogen-bond donors (Lipinski definition) is 2. The average molecular weight is 361 g/mol. The van der Waals surface area contributed by atoms with Crippen LogP contribution in [-0.2, 0) is 9.53 Å². The van der Waals surface area contributed by atoms with Gasteiger partial charge in [0.15, 0.2) is 0 Å². The van der Waals surface area contributed by atoms with E-state index in [2.05, 4.69) is 10.3 Å². The SMILES string of the molecule is CC(=O)N1CCC(Nc2cc([C@H]3CCOC3)nc(N3CC(O)C3)n2)CC1. The van der Waals surface area contributed by atoms with Crippen molar-refractivity contribution in [1.82, 2.24) is 14.9 Å². The van der Waals surface area contributed by atoms with E-state index in [0.717, 1.165) is 50.5 Å². The molecule has 3 saturated heterocycles. The van der Waals surface area contributed by atoms with Gasteiger partial charge < -0.3 is 25.0 Å². The number of aliphatic hydroxyl groups is 1. The summed E-state index contributed by atoms with van der Waals surface area (Å²) in [5.41, 5.74) is 1.01.